The molecule has 1 aliphatic rings. The molecule has 1 fully saturated rings. The minimum atomic E-state index is -0.602. The van der Waals surface area contributed by atoms with Crippen LogP contribution in [0.15, 0.2) is 18.2 Å². The summed E-state index contributed by atoms with van der Waals surface area (Å²) in [7, 11) is 0. The third-order valence-corrected chi connectivity index (χ3v) is 3.06. The zero-order valence-electron chi connectivity index (χ0n) is 12.3. The van der Waals surface area contributed by atoms with Crippen molar-refractivity contribution in [2.45, 2.75) is 38.7 Å². The van der Waals surface area contributed by atoms with Crippen LogP contribution in [0.25, 0.3) is 0 Å². The van der Waals surface area contributed by atoms with Crippen LogP contribution >= 0.6 is 0 Å². The van der Waals surface area contributed by atoms with Gasteiger partial charge in [0.15, 0.2) is 0 Å². The molecule has 0 saturated carbocycles. The molecule has 114 valence electrons. The van der Waals surface area contributed by atoms with Gasteiger partial charge in [-0.15, -0.1) is 0 Å². The summed E-state index contributed by atoms with van der Waals surface area (Å²) < 4.78 is 19.0. The number of amides is 2. The first-order valence-corrected chi connectivity index (χ1v) is 6.81. The van der Waals surface area contributed by atoms with Crippen LogP contribution in [0.4, 0.5) is 14.9 Å². The molecule has 0 aromatic heterocycles. The molecule has 21 heavy (non-hydrogen) atoms. The Hall–Kier alpha value is -2.11. The molecule has 0 spiro atoms. The Bertz CT molecular complexity index is 567. The maximum atomic E-state index is 13.9. The van der Waals surface area contributed by atoms with Crippen molar-refractivity contribution in [2.24, 2.45) is 0 Å². The van der Waals surface area contributed by atoms with Crippen molar-refractivity contribution >= 4 is 17.7 Å². The Labute approximate surface area is 122 Å². The summed E-state index contributed by atoms with van der Waals surface area (Å²) >= 11 is 0. The number of halogens is 1. The second kappa shape index (κ2) is 5.71. The monoisotopic (exact) mass is 294 g/mol. The Morgan fingerprint density at radius 3 is 2.71 bits per heavy atom. The van der Waals surface area contributed by atoms with Crippen LogP contribution in [-0.4, -0.2) is 24.1 Å². The summed E-state index contributed by atoms with van der Waals surface area (Å²) in [6, 6.07) is 4.29. The van der Waals surface area contributed by atoms with E-state index in [0.717, 1.165) is 0 Å². The highest BCUT2D eigenvalue weighted by atomic mass is 19.1. The van der Waals surface area contributed by atoms with E-state index in [1.54, 1.807) is 26.8 Å². The van der Waals surface area contributed by atoms with E-state index in [-0.39, 0.29) is 24.1 Å². The number of nitrogens with one attached hydrogen (secondary N) is 2. The number of ether oxygens (including phenoxy) is 1. The van der Waals surface area contributed by atoms with E-state index < -0.39 is 11.7 Å². The summed E-state index contributed by atoms with van der Waals surface area (Å²) in [5, 5.41) is 5.24. The van der Waals surface area contributed by atoms with Gasteiger partial charge in [-0.3, -0.25) is 10.1 Å². The standard InChI is InChI=1S/C15H19FN2O3/c1-15(2,3)21-14(20)18-10-4-5-12(16)11(7-10)9-6-13(19)17-8-9/h4-5,7,9H,6,8H2,1-3H3,(H,17,19)(H,18,20). The van der Waals surface area contributed by atoms with Crippen molar-refractivity contribution in [1.82, 2.24) is 5.32 Å². The third kappa shape index (κ3) is 4.18. The van der Waals surface area contributed by atoms with Crippen molar-refractivity contribution in [3.63, 3.8) is 0 Å². The zero-order chi connectivity index (χ0) is 15.6. The predicted molar refractivity (Wildman–Crippen MR) is 76.6 cm³/mol. The molecule has 1 saturated heterocycles. The van der Waals surface area contributed by atoms with Gasteiger partial charge >= 0.3 is 6.09 Å². The molecule has 1 atom stereocenters. The smallest absolute Gasteiger partial charge is 0.412 e. The van der Waals surface area contributed by atoms with Gasteiger partial charge in [-0.25, -0.2) is 9.18 Å². The fraction of sp³-hybridized carbons (Fsp3) is 0.467. The van der Waals surface area contributed by atoms with Gasteiger partial charge in [0.25, 0.3) is 0 Å². The summed E-state index contributed by atoms with van der Waals surface area (Å²) in [5.41, 5.74) is 0.260. The van der Waals surface area contributed by atoms with E-state index in [1.807, 2.05) is 0 Å². The quantitative estimate of drug-likeness (QED) is 0.881. The molecule has 1 heterocycles. The van der Waals surface area contributed by atoms with Gasteiger partial charge in [0, 0.05) is 24.6 Å². The van der Waals surface area contributed by atoms with E-state index >= 15 is 0 Å². The largest absolute Gasteiger partial charge is 0.444 e. The second-order valence-electron chi connectivity index (χ2n) is 6.07. The summed E-state index contributed by atoms with van der Waals surface area (Å²) in [5.74, 6) is -0.686. The lowest BCUT2D eigenvalue weighted by Crippen LogP contribution is -2.27. The molecule has 1 aromatic rings. The molecule has 5 nitrogen and oxygen atoms in total. The minimum absolute atomic E-state index is 0.0927. The fourth-order valence-corrected chi connectivity index (χ4v) is 2.18. The molecule has 0 aliphatic carbocycles. The van der Waals surface area contributed by atoms with Gasteiger partial charge < -0.3 is 10.1 Å². The number of carbonyl (C=O) groups excluding carboxylic acids is 2. The molecule has 2 N–H and O–H groups in total. The maximum Gasteiger partial charge on any atom is 0.412 e. The second-order valence-corrected chi connectivity index (χ2v) is 6.07. The van der Waals surface area contributed by atoms with Crippen molar-refractivity contribution in [3.8, 4) is 0 Å². The predicted octanol–water partition coefficient (Wildman–Crippen LogP) is 2.78. The molecule has 1 unspecified atom stereocenters. The molecule has 2 rings (SSSR count). The fourth-order valence-electron chi connectivity index (χ4n) is 2.18. The average Bonchev–Trinajstić information content (AvgIpc) is 2.76. The normalized spacial score (nSPS) is 18.3. The molecule has 6 heteroatoms. The summed E-state index contributed by atoms with van der Waals surface area (Å²) in [4.78, 5) is 22.9. The maximum absolute atomic E-state index is 13.9. The Morgan fingerprint density at radius 1 is 1.43 bits per heavy atom. The first kappa shape index (κ1) is 15.3. The Morgan fingerprint density at radius 2 is 2.14 bits per heavy atom. The molecular formula is C15H19FN2O3. The average molecular weight is 294 g/mol. The number of anilines is 1. The number of rotatable bonds is 2. The van der Waals surface area contributed by atoms with E-state index in [2.05, 4.69) is 10.6 Å². The first-order valence-electron chi connectivity index (χ1n) is 6.81. The highest BCUT2D eigenvalue weighted by Crippen LogP contribution is 2.28. The summed E-state index contributed by atoms with van der Waals surface area (Å²) in [6.07, 6.45) is -0.340. The van der Waals surface area contributed by atoms with Crippen molar-refractivity contribution in [2.75, 3.05) is 11.9 Å². The zero-order valence-corrected chi connectivity index (χ0v) is 12.3. The number of benzene rings is 1. The van der Waals surface area contributed by atoms with Crippen LogP contribution in [-0.2, 0) is 9.53 Å². The Balaban J connectivity index is 2.11. The molecule has 0 radical (unpaired) electrons. The van der Waals surface area contributed by atoms with E-state index in [9.17, 15) is 14.0 Å². The minimum Gasteiger partial charge on any atom is -0.444 e. The van der Waals surface area contributed by atoms with E-state index in [1.165, 1.54) is 12.1 Å². The molecule has 2 amide bonds. The summed E-state index contributed by atoms with van der Waals surface area (Å²) in [6.45, 7) is 5.70. The van der Waals surface area contributed by atoms with Crippen LogP contribution in [0.1, 0.15) is 38.7 Å². The van der Waals surface area contributed by atoms with Crippen molar-refractivity contribution < 1.29 is 18.7 Å². The number of hydrogen-bond acceptors (Lipinski definition) is 3. The topological polar surface area (TPSA) is 67.4 Å². The SMILES string of the molecule is CC(C)(C)OC(=O)Nc1ccc(F)c(C2CNC(=O)C2)c1. The van der Waals surface area contributed by atoms with Crippen molar-refractivity contribution in [3.05, 3.63) is 29.6 Å². The first-order chi connectivity index (χ1) is 9.74. The third-order valence-electron chi connectivity index (χ3n) is 3.06. The highest BCUT2D eigenvalue weighted by Gasteiger charge is 2.26. The van der Waals surface area contributed by atoms with Gasteiger partial charge in [0.2, 0.25) is 5.91 Å². The molecule has 1 aromatic carbocycles. The van der Waals surface area contributed by atoms with Gasteiger partial charge in [-0.05, 0) is 44.5 Å². The Kier molecular flexibility index (Phi) is 4.16. The van der Waals surface area contributed by atoms with Gasteiger partial charge in [0.05, 0.1) is 0 Å². The van der Waals surface area contributed by atoms with Crippen LogP contribution < -0.4 is 10.6 Å². The van der Waals surface area contributed by atoms with E-state index in [0.29, 0.717) is 17.8 Å². The molecular weight excluding hydrogens is 275 g/mol. The molecule has 1 aliphatic heterocycles. The van der Waals surface area contributed by atoms with Gasteiger partial charge in [-0.2, -0.15) is 0 Å². The number of carbonyl (C=O) groups is 2. The lowest BCUT2D eigenvalue weighted by Gasteiger charge is -2.20. The van der Waals surface area contributed by atoms with Crippen LogP contribution in [0.2, 0.25) is 0 Å². The van der Waals surface area contributed by atoms with Gasteiger partial charge in [0.1, 0.15) is 11.4 Å². The lowest BCUT2D eigenvalue weighted by molar-refractivity contribution is -0.119. The van der Waals surface area contributed by atoms with E-state index in [4.69, 9.17) is 4.74 Å². The van der Waals surface area contributed by atoms with Crippen molar-refractivity contribution in [1.29, 1.82) is 0 Å². The lowest BCUT2D eigenvalue weighted by atomic mass is 9.97. The van der Waals surface area contributed by atoms with Crippen LogP contribution in [0.3, 0.4) is 0 Å². The van der Waals surface area contributed by atoms with Crippen LogP contribution in [0, 0.1) is 5.82 Å². The highest BCUT2D eigenvalue weighted by molar-refractivity contribution is 5.85. The van der Waals surface area contributed by atoms with Gasteiger partial charge in [-0.1, -0.05) is 0 Å². The van der Waals surface area contributed by atoms with Crippen LogP contribution in [0.5, 0.6) is 0 Å². The molecule has 0 bridgehead atoms. The number of hydrogen-bond donors (Lipinski definition) is 2.